The number of carbonyl (C=O) groups excluding carboxylic acids is 1. The number of furan rings is 1. The Morgan fingerprint density at radius 1 is 1.21 bits per heavy atom. The minimum atomic E-state index is -3.13. The molecule has 0 fully saturated rings. The Morgan fingerprint density at radius 2 is 1.96 bits per heavy atom. The molecule has 1 amide bonds. The van der Waals surface area contributed by atoms with Crippen LogP contribution in [0.25, 0.3) is 0 Å². The number of rotatable bonds is 6. The third-order valence-corrected chi connectivity index (χ3v) is 4.05. The van der Waals surface area contributed by atoms with Crippen LogP contribution in [0.2, 0.25) is 5.02 Å². The van der Waals surface area contributed by atoms with Gasteiger partial charge >= 0.3 is 0 Å². The van der Waals surface area contributed by atoms with E-state index in [0.29, 0.717) is 10.4 Å². The van der Waals surface area contributed by atoms with Gasteiger partial charge in [0.05, 0.1) is 11.6 Å². The summed E-state index contributed by atoms with van der Waals surface area (Å²) in [6.07, 6.45) is -6.25. The van der Waals surface area contributed by atoms with Crippen LogP contribution < -0.4 is 5.32 Å². The van der Waals surface area contributed by atoms with Crippen LogP contribution in [0, 0.1) is 0 Å². The standard InChI is InChI=1S/C17H12ClF4N3O3/c18-12-13(15(19)20)24-25(14(12)16(21)22)7-10-4-5-11(28-10)17(27)23-8-2-1-3-9(26)6-8/h1-6,15-16,26H,7H2,(H,23,27). The quantitative estimate of drug-likeness (QED) is 0.552. The molecule has 1 aromatic carbocycles. The number of phenols is 1. The minimum Gasteiger partial charge on any atom is -0.508 e. The first-order valence-electron chi connectivity index (χ1n) is 7.77. The minimum absolute atomic E-state index is 0.0305. The van der Waals surface area contributed by atoms with Crippen LogP contribution in [0.4, 0.5) is 23.2 Å². The van der Waals surface area contributed by atoms with E-state index in [1.807, 2.05) is 0 Å². The number of carbonyl (C=O) groups is 1. The zero-order valence-electron chi connectivity index (χ0n) is 13.9. The second kappa shape index (κ2) is 7.93. The van der Waals surface area contributed by atoms with E-state index in [4.69, 9.17) is 16.0 Å². The number of hydrogen-bond acceptors (Lipinski definition) is 4. The van der Waals surface area contributed by atoms with E-state index in [1.165, 1.54) is 36.4 Å². The van der Waals surface area contributed by atoms with Crippen LogP contribution in [0.3, 0.4) is 0 Å². The number of aromatic nitrogens is 2. The van der Waals surface area contributed by atoms with Gasteiger partial charge in [-0.1, -0.05) is 17.7 Å². The summed E-state index contributed by atoms with van der Waals surface area (Å²) in [7, 11) is 0. The van der Waals surface area contributed by atoms with Crippen LogP contribution in [-0.4, -0.2) is 20.8 Å². The number of aromatic hydroxyl groups is 1. The van der Waals surface area contributed by atoms with Crippen molar-refractivity contribution in [2.75, 3.05) is 5.32 Å². The molecule has 2 aromatic heterocycles. The number of benzene rings is 1. The van der Waals surface area contributed by atoms with Gasteiger partial charge in [0.15, 0.2) is 5.76 Å². The fraction of sp³-hybridized carbons (Fsp3) is 0.176. The molecule has 3 rings (SSSR count). The summed E-state index contributed by atoms with van der Waals surface area (Å²) >= 11 is 5.59. The van der Waals surface area contributed by atoms with Crippen LogP contribution >= 0.6 is 11.6 Å². The smallest absolute Gasteiger partial charge is 0.291 e. The largest absolute Gasteiger partial charge is 0.508 e. The van der Waals surface area contributed by atoms with Crippen LogP contribution in [0.5, 0.6) is 5.75 Å². The van der Waals surface area contributed by atoms with Crippen LogP contribution in [-0.2, 0) is 6.54 Å². The van der Waals surface area contributed by atoms with Crippen molar-refractivity contribution >= 4 is 23.2 Å². The zero-order chi connectivity index (χ0) is 20.4. The molecule has 2 heterocycles. The third-order valence-electron chi connectivity index (χ3n) is 3.66. The Hall–Kier alpha value is -3.01. The highest BCUT2D eigenvalue weighted by Crippen LogP contribution is 2.35. The number of alkyl halides is 4. The lowest BCUT2D eigenvalue weighted by molar-refractivity contribution is 0.0994. The van der Waals surface area contributed by atoms with Crippen molar-refractivity contribution in [2.45, 2.75) is 19.4 Å². The van der Waals surface area contributed by atoms with E-state index >= 15 is 0 Å². The molecular weight excluding hydrogens is 406 g/mol. The molecule has 0 spiro atoms. The summed E-state index contributed by atoms with van der Waals surface area (Å²) in [6, 6.07) is 8.40. The van der Waals surface area contributed by atoms with Crippen LogP contribution in [0.1, 0.15) is 40.6 Å². The van der Waals surface area contributed by atoms with Gasteiger partial charge in [-0.15, -0.1) is 0 Å². The van der Waals surface area contributed by atoms with Crippen molar-refractivity contribution in [3.05, 3.63) is 64.3 Å². The van der Waals surface area contributed by atoms with E-state index in [9.17, 15) is 27.5 Å². The number of phenolic OH excluding ortho intramolecular Hbond substituents is 1. The molecule has 0 atom stereocenters. The van der Waals surface area contributed by atoms with E-state index in [0.717, 1.165) is 0 Å². The van der Waals surface area contributed by atoms with Gasteiger partial charge in [0.1, 0.15) is 22.9 Å². The fourth-order valence-electron chi connectivity index (χ4n) is 2.45. The first kappa shape index (κ1) is 19.7. The number of nitrogens with zero attached hydrogens (tertiary/aromatic N) is 2. The molecule has 148 valence electrons. The molecular formula is C17H12ClF4N3O3. The predicted molar refractivity (Wildman–Crippen MR) is 91.0 cm³/mol. The second-order valence-electron chi connectivity index (χ2n) is 5.61. The van der Waals surface area contributed by atoms with Crippen molar-refractivity contribution in [3.63, 3.8) is 0 Å². The van der Waals surface area contributed by atoms with Gasteiger partial charge in [0.25, 0.3) is 18.8 Å². The first-order chi connectivity index (χ1) is 13.3. The maximum atomic E-state index is 13.2. The topological polar surface area (TPSA) is 80.3 Å². The zero-order valence-corrected chi connectivity index (χ0v) is 14.6. The lowest BCUT2D eigenvalue weighted by atomic mass is 10.3. The SMILES string of the molecule is O=C(Nc1cccc(O)c1)c1ccc(Cn2nc(C(F)F)c(Cl)c2C(F)F)o1. The lowest BCUT2D eigenvalue weighted by Crippen LogP contribution is -2.11. The van der Waals surface area contributed by atoms with Gasteiger partial charge in [-0.3, -0.25) is 9.48 Å². The number of nitrogens with one attached hydrogen (secondary N) is 1. The predicted octanol–water partition coefficient (Wildman–Crippen LogP) is 5.01. The van der Waals surface area contributed by atoms with Crippen molar-refractivity contribution in [1.29, 1.82) is 0 Å². The Bertz CT molecular complexity index is 1000. The monoisotopic (exact) mass is 417 g/mol. The van der Waals surface area contributed by atoms with Gasteiger partial charge < -0.3 is 14.8 Å². The van der Waals surface area contributed by atoms with Gasteiger partial charge in [-0.2, -0.15) is 5.10 Å². The normalized spacial score (nSPS) is 11.4. The first-order valence-corrected chi connectivity index (χ1v) is 8.15. The Labute approximate surface area is 160 Å². The molecule has 6 nitrogen and oxygen atoms in total. The summed E-state index contributed by atoms with van der Waals surface area (Å²) in [4.78, 5) is 12.2. The van der Waals surface area contributed by atoms with E-state index in [-0.39, 0.29) is 17.3 Å². The molecule has 0 saturated carbocycles. The molecule has 0 bridgehead atoms. The highest BCUT2D eigenvalue weighted by Gasteiger charge is 2.28. The summed E-state index contributed by atoms with van der Waals surface area (Å²) in [5.74, 6) is -0.826. The van der Waals surface area contributed by atoms with E-state index in [1.54, 1.807) is 0 Å². The number of halogens is 5. The molecule has 0 aliphatic rings. The number of hydrogen-bond donors (Lipinski definition) is 2. The summed E-state index contributed by atoms with van der Waals surface area (Å²) < 4.78 is 58.0. The van der Waals surface area contributed by atoms with Crippen molar-refractivity contribution in [3.8, 4) is 5.75 Å². The number of amides is 1. The molecule has 3 aromatic rings. The third kappa shape index (κ3) is 4.11. The van der Waals surface area contributed by atoms with Gasteiger partial charge in [-0.25, -0.2) is 17.6 Å². The lowest BCUT2D eigenvalue weighted by Gasteiger charge is -2.05. The van der Waals surface area contributed by atoms with Crippen molar-refractivity contribution in [2.24, 2.45) is 0 Å². The molecule has 0 radical (unpaired) electrons. The Kier molecular flexibility index (Phi) is 5.59. The molecule has 0 aliphatic carbocycles. The second-order valence-corrected chi connectivity index (χ2v) is 5.99. The van der Waals surface area contributed by atoms with Crippen molar-refractivity contribution < 1.29 is 31.9 Å². The molecule has 0 saturated heterocycles. The average molecular weight is 418 g/mol. The maximum absolute atomic E-state index is 13.2. The fourth-order valence-corrected chi connectivity index (χ4v) is 2.75. The Morgan fingerprint density at radius 3 is 2.61 bits per heavy atom. The van der Waals surface area contributed by atoms with E-state index < -0.39 is 41.7 Å². The van der Waals surface area contributed by atoms with Crippen molar-refractivity contribution in [1.82, 2.24) is 9.78 Å². The molecule has 0 unspecified atom stereocenters. The molecule has 28 heavy (non-hydrogen) atoms. The maximum Gasteiger partial charge on any atom is 0.291 e. The average Bonchev–Trinajstić information content (AvgIpc) is 3.20. The highest BCUT2D eigenvalue weighted by atomic mass is 35.5. The molecule has 0 aliphatic heterocycles. The Balaban J connectivity index is 1.79. The molecule has 2 N–H and O–H groups in total. The highest BCUT2D eigenvalue weighted by molar-refractivity contribution is 6.32. The number of anilines is 1. The molecule has 11 heteroatoms. The summed E-state index contributed by atoms with van der Waals surface area (Å²) in [5.41, 5.74) is -1.51. The van der Waals surface area contributed by atoms with E-state index in [2.05, 4.69) is 10.4 Å². The van der Waals surface area contributed by atoms with Gasteiger partial charge in [-0.05, 0) is 24.3 Å². The van der Waals surface area contributed by atoms with Crippen LogP contribution in [0.15, 0.2) is 40.8 Å². The summed E-state index contributed by atoms with van der Waals surface area (Å²) in [6.45, 7) is -0.425. The summed E-state index contributed by atoms with van der Waals surface area (Å²) in [5, 5.41) is 14.5. The van der Waals surface area contributed by atoms with Gasteiger partial charge in [0, 0.05) is 11.8 Å². The van der Waals surface area contributed by atoms with Gasteiger partial charge in [0.2, 0.25) is 0 Å².